The number of carbonyl (C=O) groups is 2. The van der Waals surface area contributed by atoms with Gasteiger partial charge in [0.15, 0.2) is 0 Å². The van der Waals surface area contributed by atoms with Crippen LogP contribution in [0.25, 0.3) is 0 Å². The van der Waals surface area contributed by atoms with Crippen molar-refractivity contribution in [3.05, 3.63) is 0 Å². The first-order valence-corrected chi connectivity index (χ1v) is 7.88. The van der Waals surface area contributed by atoms with Gasteiger partial charge < -0.3 is 20.3 Å². The number of nitrogens with one attached hydrogen (secondary N) is 2. The summed E-state index contributed by atoms with van der Waals surface area (Å²) in [5.41, 5.74) is 0. The van der Waals surface area contributed by atoms with Gasteiger partial charge in [0.1, 0.15) is 6.04 Å². The Balaban J connectivity index is 0.00000242. The number of hydrogen-bond acceptors (Lipinski definition) is 4. The zero-order valence-electron chi connectivity index (χ0n) is 13.6. The summed E-state index contributed by atoms with van der Waals surface area (Å²) in [4.78, 5) is 26.7. The molecule has 2 aliphatic heterocycles. The number of hydrogen-bond donors (Lipinski definition) is 2. The molecule has 0 spiro atoms. The highest BCUT2D eigenvalue weighted by molar-refractivity contribution is 5.88. The van der Waals surface area contributed by atoms with E-state index in [1.165, 1.54) is 0 Å². The monoisotopic (exact) mass is 333 g/mol. The number of nitrogens with zero attached hydrogens (tertiary/aromatic N) is 1. The minimum absolute atomic E-state index is 0. The van der Waals surface area contributed by atoms with Crippen LogP contribution in [0.3, 0.4) is 0 Å². The van der Waals surface area contributed by atoms with Gasteiger partial charge in [0, 0.05) is 19.0 Å². The van der Waals surface area contributed by atoms with E-state index in [1.807, 2.05) is 20.8 Å². The topological polar surface area (TPSA) is 70.7 Å². The van der Waals surface area contributed by atoms with Gasteiger partial charge in [0.25, 0.3) is 0 Å². The molecule has 2 atom stereocenters. The van der Waals surface area contributed by atoms with E-state index >= 15 is 0 Å². The van der Waals surface area contributed by atoms with Crippen LogP contribution in [0.1, 0.15) is 20.8 Å². The molecule has 2 rings (SSSR count). The molecular weight excluding hydrogens is 306 g/mol. The van der Waals surface area contributed by atoms with E-state index in [9.17, 15) is 9.59 Å². The number of rotatable bonds is 5. The lowest BCUT2D eigenvalue weighted by Crippen LogP contribution is -2.56. The highest BCUT2D eigenvalue weighted by Gasteiger charge is 2.34. The molecule has 22 heavy (non-hydrogen) atoms. The van der Waals surface area contributed by atoms with Crippen LogP contribution in [-0.4, -0.2) is 62.1 Å². The highest BCUT2D eigenvalue weighted by atomic mass is 35.5. The van der Waals surface area contributed by atoms with Gasteiger partial charge in [-0.3, -0.25) is 9.59 Å². The van der Waals surface area contributed by atoms with Gasteiger partial charge in [-0.2, -0.15) is 0 Å². The highest BCUT2D eigenvalue weighted by Crippen LogP contribution is 2.17. The lowest BCUT2D eigenvalue weighted by atomic mass is 9.87. The Morgan fingerprint density at radius 2 is 1.77 bits per heavy atom. The number of ether oxygens (including phenoxy) is 1. The first kappa shape index (κ1) is 19.2. The second kappa shape index (κ2) is 8.70. The van der Waals surface area contributed by atoms with Crippen LogP contribution in [-0.2, 0) is 14.3 Å². The van der Waals surface area contributed by atoms with E-state index in [1.54, 1.807) is 4.90 Å². The molecule has 2 amide bonds. The van der Waals surface area contributed by atoms with Gasteiger partial charge in [-0.25, -0.2) is 0 Å². The van der Waals surface area contributed by atoms with Crippen molar-refractivity contribution in [3.63, 3.8) is 0 Å². The molecule has 2 heterocycles. The van der Waals surface area contributed by atoms with E-state index in [0.29, 0.717) is 32.2 Å². The zero-order chi connectivity index (χ0) is 15.4. The molecule has 0 aromatic heterocycles. The van der Waals surface area contributed by atoms with E-state index in [0.717, 1.165) is 13.1 Å². The van der Waals surface area contributed by atoms with E-state index < -0.39 is 6.04 Å². The first-order chi connectivity index (χ1) is 10.0. The quantitative estimate of drug-likeness (QED) is 0.757. The summed E-state index contributed by atoms with van der Waals surface area (Å²) in [5.74, 6) is 0.416. The van der Waals surface area contributed by atoms with Crippen LogP contribution in [0.2, 0.25) is 0 Å². The standard InChI is InChI=1S/C15H27N3O3.ClH/c1-10(2)13(15(20)18-4-6-21-7-5-18)17-14(19)11(3)12-8-16-9-12;/h10-13,16H,4-9H2,1-3H3,(H,17,19);1H. The van der Waals surface area contributed by atoms with Crippen LogP contribution in [0, 0.1) is 17.8 Å². The largest absolute Gasteiger partial charge is 0.378 e. The van der Waals surface area contributed by atoms with Crippen molar-refractivity contribution >= 4 is 24.2 Å². The lowest BCUT2D eigenvalue weighted by molar-refractivity contribution is -0.142. The fraction of sp³-hybridized carbons (Fsp3) is 0.867. The summed E-state index contributed by atoms with van der Waals surface area (Å²) in [5, 5.41) is 6.14. The molecular formula is C15H28ClN3O3. The Kier molecular flexibility index (Phi) is 7.59. The number of carbonyl (C=O) groups excluding carboxylic acids is 2. The van der Waals surface area contributed by atoms with Gasteiger partial charge in [0.05, 0.1) is 13.2 Å². The summed E-state index contributed by atoms with van der Waals surface area (Å²) >= 11 is 0. The molecule has 6 nitrogen and oxygen atoms in total. The molecule has 2 fully saturated rings. The third-order valence-corrected chi connectivity index (χ3v) is 4.49. The van der Waals surface area contributed by atoms with Crippen LogP contribution < -0.4 is 10.6 Å². The second-order valence-electron chi connectivity index (χ2n) is 6.37. The number of halogens is 1. The van der Waals surface area contributed by atoms with Crippen molar-refractivity contribution in [1.29, 1.82) is 0 Å². The van der Waals surface area contributed by atoms with E-state index in [-0.39, 0.29) is 36.1 Å². The molecule has 0 radical (unpaired) electrons. The normalized spacial score (nSPS) is 21.5. The van der Waals surface area contributed by atoms with Crippen molar-refractivity contribution in [2.45, 2.75) is 26.8 Å². The van der Waals surface area contributed by atoms with Crippen LogP contribution in [0.5, 0.6) is 0 Å². The van der Waals surface area contributed by atoms with Gasteiger partial charge in [-0.05, 0) is 24.9 Å². The molecule has 7 heteroatoms. The average molecular weight is 334 g/mol. The third-order valence-electron chi connectivity index (χ3n) is 4.49. The van der Waals surface area contributed by atoms with Crippen LogP contribution >= 0.6 is 12.4 Å². The maximum atomic E-state index is 12.6. The van der Waals surface area contributed by atoms with Crippen LogP contribution in [0.15, 0.2) is 0 Å². The Bertz CT molecular complexity index is 382. The van der Waals surface area contributed by atoms with Gasteiger partial charge >= 0.3 is 0 Å². The predicted molar refractivity (Wildman–Crippen MR) is 86.9 cm³/mol. The lowest BCUT2D eigenvalue weighted by Gasteiger charge is -2.35. The summed E-state index contributed by atoms with van der Waals surface area (Å²) < 4.78 is 5.27. The molecule has 0 aromatic rings. The van der Waals surface area contributed by atoms with Gasteiger partial charge in [-0.15, -0.1) is 12.4 Å². The van der Waals surface area contributed by atoms with Crippen molar-refractivity contribution in [1.82, 2.24) is 15.5 Å². The fourth-order valence-electron chi connectivity index (χ4n) is 2.66. The first-order valence-electron chi connectivity index (χ1n) is 7.88. The molecule has 0 aliphatic carbocycles. The number of amides is 2. The van der Waals surface area contributed by atoms with Crippen molar-refractivity contribution in [3.8, 4) is 0 Å². The summed E-state index contributed by atoms with van der Waals surface area (Å²) in [6.07, 6.45) is 0. The minimum atomic E-state index is -0.439. The predicted octanol–water partition coefficient (Wildman–Crippen LogP) is 0.263. The molecule has 0 bridgehead atoms. The van der Waals surface area contributed by atoms with Crippen molar-refractivity contribution in [2.24, 2.45) is 17.8 Å². The van der Waals surface area contributed by atoms with Crippen LogP contribution in [0.4, 0.5) is 0 Å². The SMILES string of the molecule is CC(C)C(NC(=O)C(C)C1CNC1)C(=O)N1CCOCC1.Cl. The smallest absolute Gasteiger partial charge is 0.245 e. The number of morpholine rings is 1. The third kappa shape index (κ3) is 4.57. The minimum Gasteiger partial charge on any atom is -0.378 e. The van der Waals surface area contributed by atoms with Crippen molar-refractivity contribution < 1.29 is 14.3 Å². The summed E-state index contributed by atoms with van der Waals surface area (Å²) in [7, 11) is 0. The van der Waals surface area contributed by atoms with E-state index in [4.69, 9.17) is 4.74 Å². The molecule has 0 saturated carbocycles. The summed E-state index contributed by atoms with van der Waals surface area (Å²) in [6.45, 7) is 10.0. The van der Waals surface area contributed by atoms with Gasteiger partial charge in [0.2, 0.25) is 11.8 Å². The Labute approximate surface area is 138 Å². The fourth-order valence-corrected chi connectivity index (χ4v) is 2.66. The second-order valence-corrected chi connectivity index (χ2v) is 6.37. The zero-order valence-corrected chi connectivity index (χ0v) is 14.4. The van der Waals surface area contributed by atoms with Gasteiger partial charge in [-0.1, -0.05) is 20.8 Å². The maximum absolute atomic E-state index is 12.6. The van der Waals surface area contributed by atoms with E-state index in [2.05, 4.69) is 10.6 Å². The molecule has 2 unspecified atom stereocenters. The maximum Gasteiger partial charge on any atom is 0.245 e. The Morgan fingerprint density at radius 1 is 1.18 bits per heavy atom. The molecule has 2 saturated heterocycles. The summed E-state index contributed by atoms with van der Waals surface area (Å²) in [6, 6.07) is -0.439. The Hall–Kier alpha value is -0.850. The Morgan fingerprint density at radius 3 is 2.23 bits per heavy atom. The molecule has 2 N–H and O–H groups in total. The van der Waals surface area contributed by atoms with Crippen molar-refractivity contribution in [2.75, 3.05) is 39.4 Å². The average Bonchev–Trinajstić information content (AvgIpc) is 2.42. The molecule has 128 valence electrons. The molecule has 0 aromatic carbocycles. The molecule has 2 aliphatic rings.